The molecule has 0 bridgehead atoms. The number of aromatic amines is 2. The number of carbonyl (C=O) groups is 2. The number of aromatic nitrogens is 5. The largest absolute Gasteiger partial charge is 0.542 e. The Balaban J connectivity index is 1.38. The quantitative estimate of drug-likeness (QED) is 0.0849. The summed E-state index contributed by atoms with van der Waals surface area (Å²) in [7, 11) is 0.574. The Morgan fingerprint density at radius 3 is 2.50 bits per heavy atom. The minimum atomic E-state index is -2.44. The maximum Gasteiger partial charge on any atom is 0.330 e. The van der Waals surface area contributed by atoms with Crippen LogP contribution < -0.4 is 30.5 Å². The molecule has 20 heteroatoms. The number of methoxy groups -OCH3 is 2. The van der Waals surface area contributed by atoms with E-state index in [1.165, 1.54) is 53.9 Å². The van der Waals surface area contributed by atoms with Crippen molar-refractivity contribution in [1.82, 2.24) is 29.6 Å². The van der Waals surface area contributed by atoms with Gasteiger partial charge in [-0.25, -0.2) is 9.78 Å². The number of anilines is 1. The summed E-state index contributed by atoms with van der Waals surface area (Å²) in [6, 6.07) is 11.9. The lowest BCUT2D eigenvalue weighted by atomic mass is 9.98. The molecule has 5 aromatic rings. The summed E-state index contributed by atoms with van der Waals surface area (Å²) in [5.41, 5.74) is -0.447. The summed E-state index contributed by atoms with van der Waals surface area (Å²) >= 11 is 1.29. The van der Waals surface area contributed by atoms with Gasteiger partial charge in [-0.05, 0) is 56.2 Å². The molecule has 3 aromatic heterocycles. The van der Waals surface area contributed by atoms with Gasteiger partial charge in [0.2, 0.25) is 5.91 Å². The van der Waals surface area contributed by atoms with Gasteiger partial charge in [-0.2, -0.15) is 0 Å². The number of nitrogens with one attached hydrogen (secondary N) is 3. The molecular formula is C42H51N7O11SSi. The first-order valence-corrected chi connectivity index (χ1v) is 23.8. The first kappa shape index (κ1) is 44.4. The zero-order chi connectivity index (χ0) is 44.6. The highest BCUT2D eigenvalue weighted by molar-refractivity contribution is 7.98. The number of imidazole rings is 1. The Morgan fingerprint density at radius 1 is 1.05 bits per heavy atom. The molecule has 2 aromatic carbocycles. The van der Waals surface area contributed by atoms with Crippen molar-refractivity contribution in [3.63, 3.8) is 0 Å². The van der Waals surface area contributed by atoms with Crippen molar-refractivity contribution in [3.05, 3.63) is 111 Å². The van der Waals surface area contributed by atoms with E-state index in [1.54, 1.807) is 62.6 Å². The highest BCUT2D eigenvalue weighted by atomic mass is 32.2. The molecule has 2 saturated heterocycles. The number of amides is 2. The first-order valence-electron chi connectivity index (χ1n) is 19.9. The lowest BCUT2D eigenvalue weighted by Gasteiger charge is -2.38. The number of ether oxygens (including phenoxy) is 5. The maximum atomic E-state index is 15.5. The molecular weight excluding hydrogens is 839 g/mol. The molecule has 7 rings (SSSR count). The van der Waals surface area contributed by atoms with E-state index in [1.807, 2.05) is 6.07 Å². The van der Waals surface area contributed by atoms with E-state index in [9.17, 15) is 9.59 Å². The molecule has 0 spiro atoms. The summed E-state index contributed by atoms with van der Waals surface area (Å²) in [6.07, 6.45) is 1.36. The molecule has 5 atom stereocenters. The molecule has 2 amide bonds. The van der Waals surface area contributed by atoms with Gasteiger partial charge >= 0.3 is 5.69 Å². The van der Waals surface area contributed by atoms with E-state index < -0.39 is 67.7 Å². The molecule has 5 heterocycles. The van der Waals surface area contributed by atoms with Crippen molar-refractivity contribution in [2.75, 3.05) is 19.5 Å². The Hall–Kier alpha value is -5.67. The number of nitrogens with zero attached hydrogens (tertiary/aromatic N) is 4. The Morgan fingerprint density at radius 2 is 1.81 bits per heavy atom. The minimum absolute atomic E-state index is 0.0721. The van der Waals surface area contributed by atoms with Crippen LogP contribution >= 0.6 is 11.8 Å². The predicted octanol–water partition coefficient (Wildman–Crippen LogP) is 5.71. The van der Waals surface area contributed by atoms with Gasteiger partial charge in [0, 0.05) is 36.3 Å². The summed E-state index contributed by atoms with van der Waals surface area (Å²) in [6.45, 7) is 13.7. The molecule has 330 valence electrons. The van der Waals surface area contributed by atoms with E-state index in [2.05, 4.69) is 59.3 Å². The lowest BCUT2D eigenvalue weighted by Crippen LogP contribution is -2.57. The predicted molar refractivity (Wildman–Crippen MR) is 230 cm³/mol. The molecule has 2 aliphatic heterocycles. The first-order chi connectivity index (χ1) is 29.4. The van der Waals surface area contributed by atoms with Gasteiger partial charge in [-0.15, -0.1) is 0 Å². The minimum Gasteiger partial charge on any atom is -0.542 e. The van der Waals surface area contributed by atoms with Gasteiger partial charge in [-0.3, -0.25) is 23.9 Å². The van der Waals surface area contributed by atoms with Crippen LogP contribution in [0.15, 0.2) is 92.6 Å². The third-order valence-electron chi connectivity index (χ3n) is 11.2. The van der Waals surface area contributed by atoms with Crippen LogP contribution in [0, 0.1) is 0 Å². The van der Waals surface area contributed by atoms with E-state index in [0.29, 0.717) is 33.7 Å². The average molecular weight is 890 g/mol. The van der Waals surface area contributed by atoms with Crippen LogP contribution in [-0.2, 0) is 31.3 Å². The fourth-order valence-electron chi connectivity index (χ4n) is 7.10. The number of carbonyl (C=O) groups excluding carboxylic acids is 2. The molecule has 0 unspecified atom stereocenters. The molecule has 3 N–H and O–H groups in total. The van der Waals surface area contributed by atoms with Gasteiger partial charge < -0.3 is 47.8 Å². The molecule has 18 nitrogen and oxygen atoms in total. The number of benzene rings is 2. The molecule has 2 aliphatic rings. The fraction of sp³-hybridized carbons (Fsp3) is 0.429. The van der Waals surface area contributed by atoms with Gasteiger partial charge in [0.25, 0.3) is 19.8 Å². The van der Waals surface area contributed by atoms with Crippen molar-refractivity contribution >= 4 is 37.6 Å². The van der Waals surface area contributed by atoms with Crippen LogP contribution in [0.2, 0.25) is 18.1 Å². The number of rotatable bonds is 15. The average Bonchev–Trinajstić information content (AvgIpc) is 4.03. The number of thioether (sulfide) groups is 1. The molecule has 0 saturated carbocycles. The smallest absolute Gasteiger partial charge is 0.330 e. The summed E-state index contributed by atoms with van der Waals surface area (Å²) in [5, 5.41) is 7.49. The van der Waals surface area contributed by atoms with Crippen molar-refractivity contribution < 1.29 is 42.2 Å². The highest BCUT2D eigenvalue weighted by Gasteiger charge is 2.60. The van der Waals surface area contributed by atoms with Crippen molar-refractivity contribution in [1.29, 1.82) is 0 Å². The number of hydrogen-bond donors (Lipinski definition) is 3. The number of H-pyrrole nitrogens is 2. The number of fused-ring (bicyclic) bond motifs is 1. The van der Waals surface area contributed by atoms with Gasteiger partial charge in [0.1, 0.15) is 47.2 Å². The number of hydrogen-bond acceptors (Lipinski definition) is 14. The van der Waals surface area contributed by atoms with Crippen molar-refractivity contribution in [2.45, 2.75) is 107 Å². The van der Waals surface area contributed by atoms with Crippen LogP contribution in [0.5, 0.6) is 17.2 Å². The standard InChI is InChI=1S/C42H51N7O11SSi/c1-41(2,3)62(8,9)60-28-13-11-10-12-27(28)46-36(51)32(33-34-35(58-42(4,5)57-34)38(56-33)48-19-16-31(50)47-40(48)53)49(22-24-14-15-25(54-6)20-29(24)55-7)37(52)26-21-45-59-30(26)23-61-39-43-17-18-44-39/h10-21,32-35,38H,22-23H2,1-9H3,(H,43,44)(H,46,51)(H,47,50,53)/t32-,33+,34+,35+,38+/m0/s1. The van der Waals surface area contributed by atoms with Crippen LogP contribution in [0.1, 0.15) is 62.5 Å². The second-order valence-electron chi connectivity index (χ2n) is 16.8. The topological polar surface area (TPSA) is 214 Å². The molecule has 0 aliphatic carbocycles. The Labute approximate surface area is 362 Å². The second kappa shape index (κ2) is 17.6. The van der Waals surface area contributed by atoms with Gasteiger partial charge in [0.05, 0.1) is 38.4 Å². The van der Waals surface area contributed by atoms with Crippen LogP contribution in [-0.4, -0.2) is 94.1 Å². The van der Waals surface area contributed by atoms with Crippen molar-refractivity contribution in [2.24, 2.45) is 0 Å². The zero-order valence-electron chi connectivity index (χ0n) is 35.9. The van der Waals surface area contributed by atoms with Crippen molar-refractivity contribution in [3.8, 4) is 17.2 Å². The normalized spacial score (nSPS) is 20.0. The zero-order valence-corrected chi connectivity index (χ0v) is 37.7. The number of para-hydroxylation sites is 2. The molecule has 62 heavy (non-hydrogen) atoms. The van der Waals surface area contributed by atoms with E-state index in [0.717, 1.165) is 0 Å². The van der Waals surface area contributed by atoms with Gasteiger partial charge in [-0.1, -0.05) is 49.8 Å². The second-order valence-corrected chi connectivity index (χ2v) is 22.5. The Kier molecular flexibility index (Phi) is 12.6. The molecule has 0 radical (unpaired) electrons. The molecule has 2 fully saturated rings. The monoisotopic (exact) mass is 889 g/mol. The van der Waals surface area contributed by atoms with E-state index in [-0.39, 0.29) is 28.7 Å². The van der Waals surface area contributed by atoms with Crippen LogP contribution in [0.25, 0.3) is 0 Å². The van der Waals surface area contributed by atoms with E-state index in [4.69, 9.17) is 32.6 Å². The maximum absolute atomic E-state index is 15.5. The fourth-order valence-corrected chi connectivity index (χ4v) is 8.89. The lowest BCUT2D eigenvalue weighted by molar-refractivity contribution is -0.203. The SMILES string of the molecule is COc1ccc(CN(C(=O)c2cnoc2CSc2ncc[nH]2)[C@H](C(=O)Nc2ccccc2O[Si](C)(C)C(C)(C)C)[C@H]2O[C@@H](n3ccc(=O)[nH]c3=O)[C@@H]3OC(C)(C)O[C@@H]32)c(OC)c1. The van der Waals surface area contributed by atoms with Crippen LogP contribution in [0.4, 0.5) is 5.69 Å². The van der Waals surface area contributed by atoms with Gasteiger partial charge in [0.15, 0.2) is 22.9 Å². The van der Waals surface area contributed by atoms with E-state index >= 15 is 9.59 Å². The Bertz CT molecular complexity index is 2520. The van der Waals surface area contributed by atoms with Crippen LogP contribution in [0.3, 0.4) is 0 Å². The summed E-state index contributed by atoms with van der Waals surface area (Å²) < 4.78 is 44.4. The summed E-state index contributed by atoms with van der Waals surface area (Å²) in [5.74, 6) is -0.831. The third-order valence-corrected chi connectivity index (χ3v) is 16.5. The highest BCUT2D eigenvalue weighted by Crippen LogP contribution is 2.46. The third kappa shape index (κ3) is 9.24. The summed E-state index contributed by atoms with van der Waals surface area (Å²) in [4.78, 5) is 67.3.